The van der Waals surface area contributed by atoms with Gasteiger partial charge in [0.1, 0.15) is 0 Å². The van der Waals surface area contributed by atoms with E-state index in [2.05, 4.69) is 30.7 Å². The van der Waals surface area contributed by atoms with Gasteiger partial charge in [-0.2, -0.15) is 0 Å². The number of rotatable bonds is 3. The molecule has 7 nitrogen and oxygen atoms in total. The van der Waals surface area contributed by atoms with Crippen LogP contribution in [0.2, 0.25) is 0 Å². The van der Waals surface area contributed by atoms with Gasteiger partial charge in [-0.1, -0.05) is 32.9 Å². The Morgan fingerprint density at radius 1 is 1.10 bits per heavy atom. The van der Waals surface area contributed by atoms with Gasteiger partial charge in [-0.3, -0.25) is 18.7 Å². The van der Waals surface area contributed by atoms with Gasteiger partial charge >= 0.3 is 0 Å². The van der Waals surface area contributed by atoms with Crippen LogP contribution in [0.3, 0.4) is 0 Å². The first-order chi connectivity index (χ1) is 14.2. The van der Waals surface area contributed by atoms with Crippen molar-refractivity contribution in [2.45, 2.75) is 45.6 Å². The molecule has 0 saturated carbocycles. The Bertz CT molecular complexity index is 1180. The summed E-state index contributed by atoms with van der Waals surface area (Å²) in [6, 6.07) is 9.12. The number of para-hydroxylation sites is 1. The van der Waals surface area contributed by atoms with E-state index in [0.717, 1.165) is 37.1 Å². The van der Waals surface area contributed by atoms with E-state index in [-0.39, 0.29) is 16.5 Å². The van der Waals surface area contributed by atoms with Gasteiger partial charge in [-0.05, 0) is 30.9 Å². The summed E-state index contributed by atoms with van der Waals surface area (Å²) in [6.07, 6.45) is 3.57. The zero-order chi connectivity index (χ0) is 21.5. The number of benzene rings is 1. The molecular formula is C23H29N5O2. The third-order valence-electron chi connectivity index (χ3n) is 5.96. The molecule has 158 valence electrons. The van der Waals surface area contributed by atoms with Crippen molar-refractivity contribution < 1.29 is 0 Å². The van der Waals surface area contributed by atoms with Gasteiger partial charge in [0.2, 0.25) is 5.95 Å². The van der Waals surface area contributed by atoms with Crippen LogP contribution >= 0.6 is 0 Å². The first-order valence-corrected chi connectivity index (χ1v) is 10.5. The maximum atomic E-state index is 12.7. The molecule has 0 amide bonds. The Labute approximate surface area is 176 Å². The van der Waals surface area contributed by atoms with E-state index in [1.165, 1.54) is 0 Å². The molecule has 0 unspecified atom stereocenters. The van der Waals surface area contributed by atoms with E-state index in [4.69, 9.17) is 4.98 Å². The Morgan fingerprint density at radius 3 is 2.47 bits per heavy atom. The summed E-state index contributed by atoms with van der Waals surface area (Å²) in [5.41, 5.74) is 1.41. The predicted molar refractivity (Wildman–Crippen MR) is 119 cm³/mol. The lowest BCUT2D eigenvalue weighted by molar-refractivity contribution is 0.347. The van der Waals surface area contributed by atoms with Crippen LogP contribution in [0.4, 0.5) is 5.95 Å². The molecule has 0 atom stereocenters. The molecule has 0 spiro atoms. The molecule has 3 heterocycles. The van der Waals surface area contributed by atoms with Gasteiger partial charge in [-0.25, -0.2) is 9.97 Å². The van der Waals surface area contributed by atoms with Crippen LogP contribution < -0.4 is 16.0 Å². The Balaban J connectivity index is 1.47. The van der Waals surface area contributed by atoms with Crippen LogP contribution in [0.25, 0.3) is 10.9 Å². The van der Waals surface area contributed by atoms with Crippen molar-refractivity contribution in [3.05, 3.63) is 63.1 Å². The molecule has 3 aromatic rings. The van der Waals surface area contributed by atoms with Gasteiger partial charge in [0.05, 0.1) is 22.9 Å². The molecular weight excluding hydrogens is 378 g/mol. The number of nitrogens with zero attached hydrogens (tertiary/aromatic N) is 5. The van der Waals surface area contributed by atoms with E-state index >= 15 is 0 Å². The number of piperidine rings is 1. The summed E-state index contributed by atoms with van der Waals surface area (Å²) < 4.78 is 3.36. The molecule has 0 N–H and O–H groups in total. The average molecular weight is 408 g/mol. The first kappa shape index (κ1) is 20.3. The zero-order valence-electron chi connectivity index (χ0n) is 18.1. The Morgan fingerprint density at radius 2 is 1.80 bits per heavy atom. The smallest absolute Gasteiger partial charge is 0.262 e. The van der Waals surface area contributed by atoms with Crippen LogP contribution in [0.1, 0.15) is 39.3 Å². The monoisotopic (exact) mass is 407 g/mol. The Hall–Kier alpha value is -2.96. The number of aromatic nitrogens is 4. The second-order valence-corrected chi connectivity index (χ2v) is 9.24. The normalized spacial score (nSPS) is 15.7. The zero-order valence-corrected chi connectivity index (χ0v) is 18.1. The second kappa shape index (κ2) is 7.70. The summed E-state index contributed by atoms with van der Waals surface area (Å²) in [6.45, 7) is 8.47. The highest BCUT2D eigenvalue weighted by atomic mass is 16.1. The molecule has 0 radical (unpaired) electrons. The molecule has 0 bridgehead atoms. The highest BCUT2D eigenvalue weighted by Crippen LogP contribution is 2.23. The Kier molecular flexibility index (Phi) is 5.22. The van der Waals surface area contributed by atoms with Crippen LogP contribution in [0.15, 0.2) is 46.2 Å². The van der Waals surface area contributed by atoms with Gasteiger partial charge in [-0.15, -0.1) is 0 Å². The van der Waals surface area contributed by atoms with E-state index < -0.39 is 0 Å². The minimum atomic E-state index is -0.133. The molecule has 1 aliphatic heterocycles. The van der Waals surface area contributed by atoms with E-state index in [0.29, 0.717) is 23.8 Å². The molecule has 7 heteroatoms. The number of fused-ring (bicyclic) bond motifs is 1. The molecule has 0 aliphatic carbocycles. The number of hydrogen-bond donors (Lipinski definition) is 0. The van der Waals surface area contributed by atoms with Crippen molar-refractivity contribution in [1.82, 2.24) is 19.1 Å². The molecule has 30 heavy (non-hydrogen) atoms. The minimum Gasteiger partial charge on any atom is -0.342 e. The quantitative estimate of drug-likeness (QED) is 0.667. The maximum absolute atomic E-state index is 12.7. The topological polar surface area (TPSA) is 73.0 Å². The summed E-state index contributed by atoms with van der Waals surface area (Å²) in [4.78, 5) is 36.6. The fourth-order valence-corrected chi connectivity index (χ4v) is 4.06. The fourth-order valence-electron chi connectivity index (χ4n) is 4.06. The average Bonchev–Trinajstić information content (AvgIpc) is 2.72. The second-order valence-electron chi connectivity index (χ2n) is 9.24. The summed E-state index contributed by atoms with van der Waals surface area (Å²) >= 11 is 0. The first-order valence-electron chi connectivity index (χ1n) is 10.5. The predicted octanol–water partition coefficient (Wildman–Crippen LogP) is 2.70. The lowest BCUT2D eigenvalue weighted by atomic mass is 9.92. The summed E-state index contributed by atoms with van der Waals surface area (Å²) in [5, 5.41) is 0.643. The van der Waals surface area contributed by atoms with E-state index in [1.807, 2.05) is 24.3 Å². The van der Waals surface area contributed by atoms with Gasteiger partial charge in [0.25, 0.3) is 11.1 Å². The third kappa shape index (κ3) is 3.88. The van der Waals surface area contributed by atoms with E-state index in [9.17, 15) is 9.59 Å². The SMILES string of the molecule is Cn1c(N2CCC(Cn3cnc(C(C)(C)C)cc3=O)CC2)nc2ccccc2c1=O. The van der Waals surface area contributed by atoms with E-state index in [1.54, 1.807) is 28.6 Å². The van der Waals surface area contributed by atoms with Crippen molar-refractivity contribution in [2.75, 3.05) is 18.0 Å². The van der Waals surface area contributed by atoms with Crippen LogP contribution in [-0.2, 0) is 19.0 Å². The molecule has 1 aliphatic rings. The molecule has 1 saturated heterocycles. The summed E-state index contributed by atoms with van der Waals surface area (Å²) in [5.74, 6) is 1.12. The minimum absolute atomic E-state index is 0.0101. The van der Waals surface area contributed by atoms with Crippen molar-refractivity contribution >= 4 is 16.9 Å². The number of hydrogen-bond acceptors (Lipinski definition) is 5. The standard InChI is InChI=1S/C23H29N5O2/c1-23(2,3)19-13-20(29)28(15-24-19)14-16-9-11-27(12-10-16)22-25-18-8-6-5-7-17(18)21(30)26(22)4/h5-8,13,15-16H,9-12,14H2,1-4H3. The molecule has 4 rings (SSSR count). The van der Waals surface area contributed by atoms with Crippen molar-refractivity contribution in [3.63, 3.8) is 0 Å². The van der Waals surface area contributed by atoms with Crippen molar-refractivity contribution in [1.29, 1.82) is 0 Å². The van der Waals surface area contributed by atoms with Crippen LogP contribution in [0.5, 0.6) is 0 Å². The molecule has 1 aromatic carbocycles. The lowest BCUT2D eigenvalue weighted by Gasteiger charge is -2.33. The van der Waals surface area contributed by atoms with Gasteiger partial charge < -0.3 is 4.90 Å². The maximum Gasteiger partial charge on any atom is 0.262 e. The largest absolute Gasteiger partial charge is 0.342 e. The van der Waals surface area contributed by atoms with Crippen molar-refractivity contribution in [2.24, 2.45) is 13.0 Å². The number of anilines is 1. The third-order valence-corrected chi connectivity index (χ3v) is 5.96. The van der Waals surface area contributed by atoms with Crippen LogP contribution in [-0.4, -0.2) is 32.2 Å². The van der Waals surface area contributed by atoms with Gasteiger partial charge in [0.15, 0.2) is 0 Å². The molecule has 2 aromatic heterocycles. The van der Waals surface area contributed by atoms with Crippen LogP contribution in [0, 0.1) is 5.92 Å². The van der Waals surface area contributed by atoms with Gasteiger partial charge in [0, 0.05) is 38.2 Å². The van der Waals surface area contributed by atoms with Crippen molar-refractivity contribution in [3.8, 4) is 0 Å². The highest BCUT2D eigenvalue weighted by molar-refractivity contribution is 5.78. The molecule has 1 fully saturated rings. The lowest BCUT2D eigenvalue weighted by Crippen LogP contribution is -2.39. The fraction of sp³-hybridized carbons (Fsp3) is 0.478. The summed E-state index contributed by atoms with van der Waals surface area (Å²) in [7, 11) is 1.78. The highest BCUT2D eigenvalue weighted by Gasteiger charge is 2.24.